The molecule has 29 heavy (non-hydrogen) atoms. The number of amides is 2. The van der Waals surface area contributed by atoms with Crippen molar-refractivity contribution in [2.75, 3.05) is 6.54 Å². The zero-order valence-corrected chi connectivity index (χ0v) is 17.1. The number of allylic oxidation sites excluding steroid dienone is 2. The minimum atomic E-state index is -0.423. The fourth-order valence-electron chi connectivity index (χ4n) is 5.65. The molecule has 2 saturated carbocycles. The third kappa shape index (κ3) is 2.93. The fourth-order valence-corrected chi connectivity index (χ4v) is 5.65. The summed E-state index contributed by atoms with van der Waals surface area (Å²) in [5, 5.41) is 0. The number of hydrogen-bond donors (Lipinski definition) is 0. The van der Waals surface area contributed by atoms with E-state index in [0.29, 0.717) is 17.6 Å². The molecule has 1 saturated heterocycles. The Morgan fingerprint density at radius 2 is 1.55 bits per heavy atom. The summed E-state index contributed by atoms with van der Waals surface area (Å²) in [6, 6.07) is 7.48. The second-order valence-corrected chi connectivity index (χ2v) is 9.98. The van der Waals surface area contributed by atoms with E-state index in [0.717, 1.165) is 12.0 Å². The molecule has 3 fully saturated rings. The molecule has 1 aliphatic heterocycles. The maximum Gasteiger partial charge on any atom is 0.312 e. The first kappa shape index (κ1) is 18.6. The molecule has 0 N–H and O–H groups in total. The average molecular weight is 393 g/mol. The summed E-state index contributed by atoms with van der Waals surface area (Å²) in [5.41, 5.74) is 1.19. The second-order valence-electron chi connectivity index (χ2n) is 9.98. The lowest BCUT2D eigenvalue weighted by Gasteiger charge is -2.37. The van der Waals surface area contributed by atoms with Crippen LogP contribution in [0.5, 0.6) is 5.75 Å². The van der Waals surface area contributed by atoms with Crippen LogP contribution in [0.1, 0.15) is 39.2 Å². The number of carbonyl (C=O) groups excluding carboxylic acids is 3. The van der Waals surface area contributed by atoms with E-state index in [2.05, 4.69) is 32.9 Å². The molecule has 1 aromatic rings. The summed E-state index contributed by atoms with van der Waals surface area (Å²) in [6.45, 7) is 6.49. The van der Waals surface area contributed by atoms with Crippen LogP contribution in [0.15, 0.2) is 36.4 Å². The molecule has 0 aromatic heterocycles. The Hall–Kier alpha value is -2.43. The van der Waals surface area contributed by atoms with Crippen LogP contribution in [0.4, 0.5) is 0 Å². The highest BCUT2D eigenvalue weighted by atomic mass is 16.5. The summed E-state index contributed by atoms with van der Waals surface area (Å²) >= 11 is 0. The molecule has 4 aliphatic carbocycles. The van der Waals surface area contributed by atoms with Crippen LogP contribution in [-0.2, 0) is 19.8 Å². The van der Waals surface area contributed by atoms with Gasteiger partial charge in [-0.25, -0.2) is 0 Å². The quantitative estimate of drug-likeness (QED) is 0.341. The average Bonchev–Trinajstić information content (AvgIpc) is 3.45. The van der Waals surface area contributed by atoms with Crippen molar-refractivity contribution in [2.24, 2.45) is 35.5 Å². The van der Waals surface area contributed by atoms with Gasteiger partial charge in [-0.2, -0.15) is 0 Å². The van der Waals surface area contributed by atoms with E-state index < -0.39 is 5.97 Å². The minimum absolute atomic E-state index is 0.0214. The van der Waals surface area contributed by atoms with Gasteiger partial charge in [0.2, 0.25) is 11.8 Å². The van der Waals surface area contributed by atoms with Gasteiger partial charge in [0.05, 0.1) is 18.3 Å². The van der Waals surface area contributed by atoms with Crippen LogP contribution >= 0.6 is 0 Å². The molecular weight excluding hydrogens is 366 g/mol. The van der Waals surface area contributed by atoms with Gasteiger partial charge in [0, 0.05) is 6.54 Å². The van der Waals surface area contributed by atoms with Crippen molar-refractivity contribution in [3.63, 3.8) is 0 Å². The first-order chi connectivity index (χ1) is 13.8. The minimum Gasteiger partial charge on any atom is -0.426 e. The van der Waals surface area contributed by atoms with Crippen molar-refractivity contribution in [3.8, 4) is 5.75 Å². The first-order valence-corrected chi connectivity index (χ1v) is 10.6. The molecule has 0 spiro atoms. The summed E-state index contributed by atoms with van der Waals surface area (Å²) < 4.78 is 5.41. The highest BCUT2D eigenvalue weighted by molar-refractivity contribution is 6.06. The molecule has 6 atom stereocenters. The van der Waals surface area contributed by atoms with Gasteiger partial charge < -0.3 is 4.74 Å². The van der Waals surface area contributed by atoms with Gasteiger partial charge >= 0.3 is 5.97 Å². The molecule has 5 heteroatoms. The number of hydrogen-bond acceptors (Lipinski definition) is 4. The topological polar surface area (TPSA) is 63.7 Å². The Morgan fingerprint density at radius 3 is 2.07 bits per heavy atom. The van der Waals surface area contributed by atoms with Crippen LogP contribution in [-0.4, -0.2) is 29.2 Å². The number of benzene rings is 1. The lowest BCUT2D eigenvalue weighted by atomic mass is 9.63. The smallest absolute Gasteiger partial charge is 0.312 e. The van der Waals surface area contributed by atoms with Gasteiger partial charge in [-0.3, -0.25) is 19.3 Å². The maximum atomic E-state index is 12.9. The highest BCUT2D eigenvalue weighted by Gasteiger charge is 2.66. The fraction of sp³-hybridized carbons (Fsp3) is 0.542. The van der Waals surface area contributed by atoms with E-state index in [-0.39, 0.29) is 53.9 Å². The number of esters is 1. The van der Waals surface area contributed by atoms with E-state index in [4.69, 9.17) is 4.74 Å². The van der Waals surface area contributed by atoms with E-state index >= 15 is 0 Å². The third-order valence-corrected chi connectivity index (χ3v) is 7.25. The number of likely N-dealkylation sites (tertiary alicyclic amines) is 1. The normalized spacial score (nSPS) is 34.2. The standard InChI is InChI=1S/C24H27NO4/c1-24(2,3)13-4-6-14(7-5-13)29-19(26)10-11-25-22(27)20-15-8-9-16(18-12-17(15)18)21(20)23(25)28/h4-9,15-18,20-21H,10-12H2,1-3H3/t15-,16-,17-,18-,20-,21+/m1/s1. The van der Waals surface area contributed by atoms with Crippen LogP contribution in [0, 0.1) is 35.5 Å². The summed E-state index contributed by atoms with van der Waals surface area (Å²) in [5.74, 6) is 1.07. The van der Waals surface area contributed by atoms with Crippen molar-refractivity contribution >= 4 is 17.8 Å². The lowest BCUT2D eigenvalue weighted by Crippen LogP contribution is -2.40. The maximum absolute atomic E-state index is 12.9. The molecule has 6 rings (SSSR count). The van der Waals surface area contributed by atoms with Crippen LogP contribution in [0.3, 0.4) is 0 Å². The lowest BCUT2D eigenvalue weighted by molar-refractivity contribution is -0.141. The first-order valence-electron chi connectivity index (χ1n) is 10.6. The summed E-state index contributed by atoms with van der Waals surface area (Å²) in [7, 11) is 0. The third-order valence-electron chi connectivity index (χ3n) is 7.25. The molecule has 2 amide bonds. The van der Waals surface area contributed by atoms with Gasteiger partial charge in [0.25, 0.3) is 0 Å². The van der Waals surface area contributed by atoms with E-state index in [1.807, 2.05) is 12.1 Å². The monoisotopic (exact) mass is 393 g/mol. The van der Waals surface area contributed by atoms with Crippen molar-refractivity contribution in [1.82, 2.24) is 4.90 Å². The van der Waals surface area contributed by atoms with E-state index in [1.165, 1.54) is 4.90 Å². The number of rotatable bonds is 4. The Bertz CT molecular complexity index is 874. The van der Waals surface area contributed by atoms with Crippen LogP contribution in [0.2, 0.25) is 0 Å². The molecule has 5 nitrogen and oxygen atoms in total. The summed E-state index contributed by atoms with van der Waals surface area (Å²) in [6.07, 6.45) is 5.48. The number of ether oxygens (including phenoxy) is 1. The number of nitrogens with zero attached hydrogens (tertiary/aromatic N) is 1. The van der Waals surface area contributed by atoms with Crippen LogP contribution < -0.4 is 4.74 Å². The predicted octanol–water partition coefficient (Wildman–Crippen LogP) is 3.33. The molecule has 2 bridgehead atoms. The molecule has 152 valence electrons. The number of carbonyl (C=O) groups is 3. The highest BCUT2D eigenvalue weighted by Crippen LogP contribution is 2.65. The summed E-state index contributed by atoms with van der Waals surface area (Å²) in [4.78, 5) is 39.5. The van der Waals surface area contributed by atoms with Gasteiger partial charge in [-0.15, -0.1) is 0 Å². The Morgan fingerprint density at radius 1 is 1.00 bits per heavy atom. The molecular formula is C24H27NO4. The van der Waals surface area contributed by atoms with Gasteiger partial charge in [-0.1, -0.05) is 45.1 Å². The van der Waals surface area contributed by atoms with Crippen LogP contribution in [0.25, 0.3) is 0 Å². The zero-order chi connectivity index (χ0) is 20.5. The Kier molecular flexibility index (Phi) is 4.03. The molecule has 0 unspecified atom stereocenters. The predicted molar refractivity (Wildman–Crippen MR) is 107 cm³/mol. The largest absolute Gasteiger partial charge is 0.426 e. The van der Waals surface area contributed by atoms with Crippen molar-refractivity contribution in [1.29, 1.82) is 0 Å². The van der Waals surface area contributed by atoms with E-state index in [1.54, 1.807) is 12.1 Å². The molecule has 1 heterocycles. The van der Waals surface area contributed by atoms with E-state index in [9.17, 15) is 14.4 Å². The van der Waals surface area contributed by atoms with Crippen molar-refractivity contribution in [2.45, 2.75) is 39.0 Å². The molecule has 5 aliphatic rings. The zero-order valence-electron chi connectivity index (χ0n) is 17.1. The SMILES string of the molecule is CC(C)(C)c1ccc(OC(=O)CCN2C(=O)[C@@H]3[C@@H]4C=C[C@H]([C@H]5C[C@H]45)[C@@H]3C2=O)cc1. The van der Waals surface area contributed by atoms with Gasteiger partial charge in [0.1, 0.15) is 5.75 Å². The Labute approximate surface area is 171 Å². The van der Waals surface area contributed by atoms with Crippen molar-refractivity contribution in [3.05, 3.63) is 42.0 Å². The second kappa shape index (κ2) is 6.28. The van der Waals surface area contributed by atoms with Gasteiger partial charge in [-0.05, 0) is 53.2 Å². The van der Waals surface area contributed by atoms with Crippen molar-refractivity contribution < 1.29 is 19.1 Å². The van der Waals surface area contributed by atoms with Gasteiger partial charge in [0.15, 0.2) is 0 Å². The molecule has 0 radical (unpaired) electrons. The molecule has 1 aromatic carbocycles. The Balaban J connectivity index is 1.20. The number of imide groups is 1.